The molecule has 2 aliphatic carbocycles. The fourth-order valence-electron chi connectivity index (χ4n) is 5.51. The van der Waals surface area contributed by atoms with Crippen molar-refractivity contribution in [3.05, 3.63) is 47.5 Å². The summed E-state index contributed by atoms with van der Waals surface area (Å²) in [6.45, 7) is 6.30. The predicted molar refractivity (Wildman–Crippen MR) is 131 cm³/mol. The van der Waals surface area contributed by atoms with Crippen LogP contribution in [-0.4, -0.2) is 25.7 Å². The highest BCUT2D eigenvalue weighted by Gasteiger charge is 2.31. The summed E-state index contributed by atoms with van der Waals surface area (Å²) in [7, 11) is 0. The van der Waals surface area contributed by atoms with E-state index < -0.39 is 17.9 Å². The van der Waals surface area contributed by atoms with Crippen LogP contribution < -0.4 is 0 Å². The Labute approximate surface area is 212 Å². The van der Waals surface area contributed by atoms with Crippen molar-refractivity contribution in [1.82, 2.24) is 0 Å². The number of ether oxygens (including phenoxy) is 2. The lowest BCUT2D eigenvalue weighted by Gasteiger charge is -2.36. The Bertz CT molecular complexity index is 780. The van der Waals surface area contributed by atoms with E-state index in [1.54, 1.807) is 18.2 Å². The Morgan fingerprint density at radius 3 is 2.08 bits per heavy atom. The fourth-order valence-corrected chi connectivity index (χ4v) is 5.51. The first kappa shape index (κ1) is 29.1. The van der Waals surface area contributed by atoms with Crippen LogP contribution in [0.4, 0.5) is 22.0 Å². The molecular weight excluding hydrogens is 475 g/mol. The van der Waals surface area contributed by atoms with Gasteiger partial charge in [-0.25, -0.2) is 8.78 Å². The maximum atomic E-state index is 13.5. The number of hydrogen-bond donors (Lipinski definition) is 0. The monoisotopic (exact) mass is 516 g/mol. The van der Waals surface area contributed by atoms with Gasteiger partial charge in [0, 0.05) is 17.8 Å². The summed E-state index contributed by atoms with van der Waals surface area (Å²) in [5, 5.41) is 0. The average Bonchev–Trinajstić information content (AvgIpc) is 2.84. The van der Waals surface area contributed by atoms with Gasteiger partial charge in [0.25, 0.3) is 0 Å². The molecule has 0 atom stereocenters. The van der Waals surface area contributed by atoms with E-state index in [0.717, 1.165) is 25.6 Å². The summed E-state index contributed by atoms with van der Waals surface area (Å²) in [5.41, 5.74) is 0.660. The number of halogens is 5. The fraction of sp³-hybridized carbons (Fsp3) is 0.724. The number of hydrogen-bond acceptors (Lipinski definition) is 2. The number of rotatable bonds is 5. The molecular formula is C29H41F5O2. The third-order valence-electron chi connectivity index (χ3n) is 7.85. The Morgan fingerprint density at radius 2 is 1.50 bits per heavy atom. The zero-order valence-corrected chi connectivity index (χ0v) is 21.5. The van der Waals surface area contributed by atoms with Crippen LogP contribution in [0.3, 0.4) is 0 Å². The summed E-state index contributed by atoms with van der Waals surface area (Å²) >= 11 is 0. The second-order valence-electron chi connectivity index (χ2n) is 11.1. The van der Waals surface area contributed by atoms with Crippen molar-refractivity contribution in [1.29, 1.82) is 0 Å². The van der Waals surface area contributed by atoms with E-state index in [1.807, 2.05) is 0 Å². The summed E-state index contributed by atoms with van der Waals surface area (Å²) in [6, 6.07) is 6.59. The minimum Gasteiger partial charge on any atom is -0.352 e. The molecule has 7 heteroatoms. The van der Waals surface area contributed by atoms with Gasteiger partial charge in [0.1, 0.15) is 11.6 Å². The zero-order valence-electron chi connectivity index (χ0n) is 21.5. The van der Waals surface area contributed by atoms with Crippen LogP contribution in [0.2, 0.25) is 0 Å². The summed E-state index contributed by atoms with van der Waals surface area (Å²) in [4.78, 5) is 0. The van der Waals surface area contributed by atoms with Gasteiger partial charge >= 0.3 is 6.18 Å². The van der Waals surface area contributed by atoms with E-state index >= 15 is 0 Å². The molecule has 3 fully saturated rings. The van der Waals surface area contributed by atoms with Gasteiger partial charge in [-0.1, -0.05) is 44.9 Å². The van der Waals surface area contributed by atoms with Gasteiger partial charge in [-0.2, -0.15) is 13.2 Å². The van der Waals surface area contributed by atoms with Crippen LogP contribution in [0, 0.1) is 35.4 Å². The second kappa shape index (κ2) is 13.9. The lowest BCUT2D eigenvalue weighted by atomic mass is 9.79. The second-order valence-corrected chi connectivity index (χ2v) is 11.1. The van der Waals surface area contributed by atoms with Gasteiger partial charge in [0.05, 0.1) is 19.3 Å². The Hall–Kier alpha value is -1.47. The van der Waals surface area contributed by atoms with E-state index in [-0.39, 0.29) is 18.2 Å². The quantitative estimate of drug-likeness (QED) is 0.364. The van der Waals surface area contributed by atoms with Crippen molar-refractivity contribution in [2.45, 2.75) is 90.5 Å². The van der Waals surface area contributed by atoms with Crippen molar-refractivity contribution in [2.24, 2.45) is 29.6 Å². The first-order valence-corrected chi connectivity index (χ1v) is 13.5. The van der Waals surface area contributed by atoms with Crippen molar-refractivity contribution in [3.8, 4) is 0 Å². The molecule has 1 aromatic carbocycles. The molecule has 36 heavy (non-hydrogen) atoms. The van der Waals surface area contributed by atoms with E-state index in [9.17, 15) is 22.0 Å². The minimum absolute atomic E-state index is 0.110. The highest BCUT2D eigenvalue weighted by molar-refractivity contribution is 5.17. The molecule has 1 saturated heterocycles. The molecule has 0 amide bonds. The molecule has 2 saturated carbocycles. The van der Waals surface area contributed by atoms with Crippen molar-refractivity contribution < 1.29 is 31.4 Å². The third-order valence-corrected chi connectivity index (χ3v) is 7.85. The van der Waals surface area contributed by atoms with Crippen molar-refractivity contribution >= 4 is 0 Å². The van der Waals surface area contributed by atoms with Crippen LogP contribution in [-0.2, 0) is 15.9 Å². The molecule has 2 nitrogen and oxygen atoms in total. The molecule has 3 aliphatic rings. The van der Waals surface area contributed by atoms with Crippen LogP contribution in [0.5, 0.6) is 0 Å². The molecule has 204 valence electrons. The zero-order chi connectivity index (χ0) is 26.1. The molecule has 0 aromatic heterocycles. The van der Waals surface area contributed by atoms with E-state index in [0.29, 0.717) is 55.4 Å². The maximum absolute atomic E-state index is 13.5. The van der Waals surface area contributed by atoms with Crippen LogP contribution >= 0.6 is 0 Å². The van der Waals surface area contributed by atoms with Gasteiger partial charge in [0.2, 0.25) is 0 Å². The van der Waals surface area contributed by atoms with E-state index in [2.05, 4.69) is 13.8 Å². The smallest absolute Gasteiger partial charge is 0.352 e. The predicted octanol–water partition coefficient (Wildman–Crippen LogP) is 8.80. The molecule has 0 unspecified atom stereocenters. The standard InChI is InChI=1S/C17H19F5.C12H22O2/c18-15-4-2-1-3-13(15)8-5-12-6-9-14(10-7-12)16(19)11-17(20,21)22;1-9-3-5-11(6-4-9)12-13-7-10(2)8-14-12/h1-4,11-12,14H,5-10H2;9-12H,3-8H2,1-2H3/b16-11+;. The maximum Gasteiger partial charge on any atom is 0.412 e. The Balaban J connectivity index is 0.000000221. The highest BCUT2D eigenvalue weighted by Crippen LogP contribution is 2.37. The lowest BCUT2D eigenvalue weighted by Crippen LogP contribution is -2.37. The third kappa shape index (κ3) is 9.77. The van der Waals surface area contributed by atoms with Gasteiger partial charge in [0.15, 0.2) is 6.29 Å². The SMILES string of the molecule is CC1CCC(C2OCC(C)CO2)CC1.F/C(=C/C(F)(F)F)C1CCC(CCc2ccccc2F)CC1. The number of aryl methyl sites for hydroxylation is 1. The molecule has 1 aliphatic heterocycles. The number of allylic oxidation sites excluding steroid dienone is 2. The van der Waals surface area contributed by atoms with Crippen molar-refractivity contribution in [3.63, 3.8) is 0 Å². The topological polar surface area (TPSA) is 18.5 Å². The molecule has 0 N–H and O–H groups in total. The Morgan fingerprint density at radius 1 is 0.889 bits per heavy atom. The molecule has 4 rings (SSSR count). The van der Waals surface area contributed by atoms with Crippen LogP contribution in [0.1, 0.15) is 77.2 Å². The Kier molecular flexibility index (Phi) is 11.2. The first-order chi connectivity index (χ1) is 17.1. The molecule has 0 bridgehead atoms. The first-order valence-electron chi connectivity index (χ1n) is 13.5. The molecule has 0 spiro atoms. The van der Waals surface area contributed by atoms with E-state index in [1.165, 1.54) is 31.7 Å². The average molecular weight is 517 g/mol. The van der Waals surface area contributed by atoms with Crippen LogP contribution in [0.25, 0.3) is 0 Å². The van der Waals surface area contributed by atoms with Gasteiger partial charge in [-0.05, 0) is 74.8 Å². The summed E-state index contributed by atoms with van der Waals surface area (Å²) < 4.78 is 74.9. The van der Waals surface area contributed by atoms with Gasteiger partial charge < -0.3 is 9.47 Å². The lowest BCUT2D eigenvalue weighted by molar-refractivity contribution is -0.226. The molecule has 0 radical (unpaired) electrons. The molecule has 1 aromatic rings. The molecule has 1 heterocycles. The number of benzene rings is 1. The highest BCUT2D eigenvalue weighted by atomic mass is 19.4. The largest absolute Gasteiger partial charge is 0.412 e. The number of alkyl halides is 3. The van der Waals surface area contributed by atoms with Gasteiger partial charge in [-0.15, -0.1) is 0 Å². The summed E-state index contributed by atoms with van der Waals surface area (Å²) in [5.74, 6) is 0.581. The van der Waals surface area contributed by atoms with Crippen LogP contribution in [0.15, 0.2) is 36.2 Å². The normalized spacial score (nSPS) is 31.9. The van der Waals surface area contributed by atoms with Crippen molar-refractivity contribution in [2.75, 3.05) is 13.2 Å². The minimum atomic E-state index is -4.59. The van der Waals surface area contributed by atoms with Gasteiger partial charge in [-0.3, -0.25) is 0 Å². The summed E-state index contributed by atoms with van der Waals surface area (Å²) in [6.07, 6.45) is 4.23. The van der Waals surface area contributed by atoms with E-state index in [4.69, 9.17) is 9.47 Å².